The lowest BCUT2D eigenvalue weighted by Gasteiger charge is -2.09. The maximum absolute atomic E-state index is 12.8. The van der Waals surface area contributed by atoms with Crippen molar-refractivity contribution in [1.29, 1.82) is 0 Å². The highest BCUT2D eigenvalue weighted by atomic mass is 32.2. The summed E-state index contributed by atoms with van der Waals surface area (Å²) in [6.45, 7) is 5.75. The van der Waals surface area contributed by atoms with Crippen LogP contribution in [-0.4, -0.2) is 33.0 Å². The molecule has 0 aliphatic rings. The lowest BCUT2D eigenvalue weighted by atomic mass is 10.1. The van der Waals surface area contributed by atoms with E-state index in [9.17, 15) is 13.2 Å². The number of para-hydroxylation sites is 1. The topological polar surface area (TPSA) is 97.4 Å². The summed E-state index contributed by atoms with van der Waals surface area (Å²) < 4.78 is 33.3. The Bertz CT molecular complexity index is 1200. The number of anilines is 1. The third-order valence-electron chi connectivity index (χ3n) is 4.72. The van der Waals surface area contributed by atoms with E-state index < -0.39 is 10.0 Å². The lowest BCUT2D eigenvalue weighted by molar-refractivity contribution is 0.0957. The molecule has 0 aliphatic heterocycles. The van der Waals surface area contributed by atoms with E-state index in [1.54, 1.807) is 33.1 Å². The average Bonchev–Trinajstić information content (AvgIpc) is 3.07. The summed E-state index contributed by atoms with van der Waals surface area (Å²) in [6, 6.07) is 12.8. The van der Waals surface area contributed by atoms with Crippen LogP contribution in [0.3, 0.4) is 0 Å². The SMILES string of the molecule is COc1ccccc1CCNC(=O)c1sc(NS(=O)(=O)c2ccc(C)cc2C)nc1C. The Morgan fingerprint density at radius 3 is 2.58 bits per heavy atom. The van der Waals surface area contributed by atoms with Gasteiger partial charge >= 0.3 is 0 Å². The van der Waals surface area contributed by atoms with Gasteiger partial charge in [-0.1, -0.05) is 47.2 Å². The number of hydrogen-bond donors (Lipinski definition) is 2. The van der Waals surface area contributed by atoms with E-state index in [0.717, 1.165) is 28.2 Å². The Labute approximate surface area is 186 Å². The van der Waals surface area contributed by atoms with Gasteiger partial charge in [0.05, 0.1) is 17.7 Å². The highest BCUT2D eigenvalue weighted by molar-refractivity contribution is 7.93. The van der Waals surface area contributed by atoms with Crippen LogP contribution in [0.4, 0.5) is 5.13 Å². The minimum atomic E-state index is -3.80. The molecule has 0 radical (unpaired) electrons. The maximum atomic E-state index is 12.8. The number of thiazole rings is 1. The first-order valence-corrected chi connectivity index (χ1v) is 12.0. The second kappa shape index (κ2) is 9.49. The van der Waals surface area contributed by atoms with Crippen molar-refractivity contribution in [2.45, 2.75) is 32.1 Å². The van der Waals surface area contributed by atoms with Crippen LogP contribution in [0.25, 0.3) is 0 Å². The molecule has 164 valence electrons. The molecule has 2 N–H and O–H groups in total. The van der Waals surface area contributed by atoms with Gasteiger partial charge in [-0.2, -0.15) is 0 Å². The first-order chi connectivity index (χ1) is 14.7. The second-order valence-corrected chi connectivity index (χ2v) is 9.78. The molecule has 3 rings (SSSR count). The van der Waals surface area contributed by atoms with Gasteiger partial charge in [-0.15, -0.1) is 0 Å². The summed E-state index contributed by atoms with van der Waals surface area (Å²) in [5.41, 5.74) is 3.09. The fraction of sp³-hybridized carbons (Fsp3) is 0.273. The zero-order valence-electron chi connectivity index (χ0n) is 17.9. The molecule has 0 aliphatic carbocycles. The quantitative estimate of drug-likeness (QED) is 0.533. The molecule has 0 spiro atoms. The molecule has 31 heavy (non-hydrogen) atoms. The monoisotopic (exact) mass is 459 g/mol. The lowest BCUT2D eigenvalue weighted by Crippen LogP contribution is -2.25. The van der Waals surface area contributed by atoms with E-state index in [1.807, 2.05) is 37.3 Å². The van der Waals surface area contributed by atoms with Gasteiger partial charge < -0.3 is 10.1 Å². The van der Waals surface area contributed by atoms with Crippen molar-refractivity contribution in [2.75, 3.05) is 18.4 Å². The Hall–Kier alpha value is -2.91. The van der Waals surface area contributed by atoms with Crippen LogP contribution >= 0.6 is 11.3 Å². The Morgan fingerprint density at radius 1 is 1.13 bits per heavy atom. The van der Waals surface area contributed by atoms with Crippen LogP contribution in [0.1, 0.15) is 32.1 Å². The van der Waals surface area contributed by atoms with Gasteiger partial charge in [-0.3, -0.25) is 9.52 Å². The van der Waals surface area contributed by atoms with E-state index in [1.165, 1.54) is 0 Å². The number of benzene rings is 2. The molecular formula is C22H25N3O4S2. The summed E-state index contributed by atoms with van der Waals surface area (Å²) in [6.07, 6.45) is 0.611. The van der Waals surface area contributed by atoms with Crippen molar-refractivity contribution in [3.63, 3.8) is 0 Å². The number of rotatable bonds is 8. The molecule has 0 unspecified atom stereocenters. The van der Waals surface area contributed by atoms with Crippen molar-refractivity contribution >= 4 is 32.4 Å². The van der Waals surface area contributed by atoms with Crippen LogP contribution in [0.5, 0.6) is 5.75 Å². The molecule has 1 amide bonds. The number of nitrogens with one attached hydrogen (secondary N) is 2. The minimum Gasteiger partial charge on any atom is -0.496 e. The molecule has 0 fully saturated rings. The predicted molar refractivity (Wildman–Crippen MR) is 123 cm³/mol. The van der Waals surface area contributed by atoms with Gasteiger partial charge in [-0.05, 0) is 50.5 Å². The minimum absolute atomic E-state index is 0.160. The number of carbonyl (C=O) groups excluding carboxylic acids is 1. The van der Waals surface area contributed by atoms with Crippen LogP contribution in [0, 0.1) is 20.8 Å². The first-order valence-electron chi connectivity index (χ1n) is 9.69. The largest absolute Gasteiger partial charge is 0.496 e. The first kappa shape index (κ1) is 22.8. The van der Waals surface area contributed by atoms with Crippen LogP contribution in [-0.2, 0) is 16.4 Å². The van der Waals surface area contributed by atoms with Gasteiger partial charge in [0.1, 0.15) is 10.6 Å². The van der Waals surface area contributed by atoms with Gasteiger partial charge in [0.2, 0.25) is 0 Å². The fourth-order valence-electron chi connectivity index (χ4n) is 3.22. The Kier molecular flexibility index (Phi) is 6.97. The maximum Gasteiger partial charge on any atom is 0.263 e. The number of aryl methyl sites for hydroxylation is 3. The van der Waals surface area contributed by atoms with Crippen molar-refractivity contribution in [3.8, 4) is 5.75 Å². The average molecular weight is 460 g/mol. The number of amides is 1. The van der Waals surface area contributed by atoms with Crippen LogP contribution in [0.2, 0.25) is 0 Å². The summed E-state index contributed by atoms with van der Waals surface area (Å²) in [5.74, 6) is 0.482. The fourth-order valence-corrected chi connectivity index (χ4v) is 5.57. The van der Waals surface area contributed by atoms with Gasteiger partial charge in [0.25, 0.3) is 15.9 Å². The molecule has 0 atom stereocenters. The zero-order chi connectivity index (χ0) is 22.6. The number of aromatic nitrogens is 1. The van der Waals surface area contributed by atoms with E-state index in [-0.39, 0.29) is 15.9 Å². The summed E-state index contributed by atoms with van der Waals surface area (Å²) in [5, 5.41) is 3.02. The van der Waals surface area contributed by atoms with Gasteiger partial charge in [0, 0.05) is 6.54 Å². The van der Waals surface area contributed by atoms with E-state index in [4.69, 9.17) is 4.74 Å². The predicted octanol–water partition coefficient (Wildman–Crippen LogP) is 3.85. The highest BCUT2D eigenvalue weighted by Crippen LogP contribution is 2.26. The molecular weight excluding hydrogens is 434 g/mol. The molecule has 0 bridgehead atoms. The van der Waals surface area contributed by atoms with Crippen molar-refractivity contribution in [3.05, 3.63) is 69.7 Å². The number of nitrogens with zero attached hydrogens (tertiary/aromatic N) is 1. The third kappa shape index (κ3) is 5.42. The molecule has 3 aromatic rings. The third-order valence-corrected chi connectivity index (χ3v) is 7.42. The number of methoxy groups -OCH3 is 1. The molecule has 1 aromatic heterocycles. The molecule has 9 heteroatoms. The summed E-state index contributed by atoms with van der Waals surface area (Å²) >= 11 is 1.01. The number of carbonyl (C=O) groups is 1. The molecule has 2 aromatic carbocycles. The van der Waals surface area contributed by atoms with E-state index >= 15 is 0 Å². The van der Waals surface area contributed by atoms with Crippen molar-refractivity contribution < 1.29 is 17.9 Å². The van der Waals surface area contributed by atoms with E-state index in [0.29, 0.717) is 29.1 Å². The Balaban J connectivity index is 1.68. The number of sulfonamides is 1. The standard InChI is InChI=1S/C22H25N3O4S2/c1-14-9-10-19(15(2)13-14)31(27,28)25-22-24-16(3)20(30-22)21(26)23-12-11-17-7-5-6-8-18(17)29-4/h5-10,13H,11-12H2,1-4H3,(H,23,26)(H,24,25). The smallest absolute Gasteiger partial charge is 0.263 e. The molecule has 0 saturated carbocycles. The van der Waals surface area contributed by atoms with Crippen LogP contribution < -0.4 is 14.8 Å². The second-order valence-electron chi connectivity index (χ2n) is 7.13. The van der Waals surface area contributed by atoms with Crippen LogP contribution in [0.15, 0.2) is 47.4 Å². The summed E-state index contributed by atoms with van der Waals surface area (Å²) in [4.78, 5) is 17.4. The van der Waals surface area contributed by atoms with Gasteiger partial charge in [0.15, 0.2) is 5.13 Å². The normalized spacial score (nSPS) is 11.2. The van der Waals surface area contributed by atoms with E-state index in [2.05, 4.69) is 15.0 Å². The van der Waals surface area contributed by atoms with Gasteiger partial charge in [-0.25, -0.2) is 13.4 Å². The molecule has 0 saturated heterocycles. The number of hydrogen-bond acceptors (Lipinski definition) is 6. The van der Waals surface area contributed by atoms with Crippen molar-refractivity contribution in [2.24, 2.45) is 0 Å². The molecule has 7 nitrogen and oxygen atoms in total. The number of ether oxygens (including phenoxy) is 1. The molecule has 1 heterocycles. The zero-order valence-corrected chi connectivity index (χ0v) is 19.5. The highest BCUT2D eigenvalue weighted by Gasteiger charge is 2.21. The Morgan fingerprint density at radius 2 is 1.87 bits per heavy atom. The van der Waals surface area contributed by atoms with Crippen molar-refractivity contribution in [1.82, 2.24) is 10.3 Å². The summed E-state index contributed by atoms with van der Waals surface area (Å²) in [7, 11) is -2.19.